The Balaban J connectivity index is 1.70. The molecule has 0 atom stereocenters. The van der Waals surface area contributed by atoms with Crippen LogP contribution < -0.4 is 10.6 Å². The van der Waals surface area contributed by atoms with Gasteiger partial charge in [-0.3, -0.25) is 14.4 Å². The molecular weight excluding hydrogens is 366 g/mol. The lowest BCUT2D eigenvalue weighted by molar-refractivity contribution is 0.101. The van der Waals surface area contributed by atoms with Gasteiger partial charge in [0.1, 0.15) is 0 Å². The van der Waals surface area contributed by atoms with Gasteiger partial charge in [0.15, 0.2) is 5.78 Å². The molecule has 2 N–H and O–H groups in total. The molecule has 0 radical (unpaired) electrons. The third-order valence-electron chi connectivity index (χ3n) is 4.21. The van der Waals surface area contributed by atoms with Gasteiger partial charge in [-0.25, -0.2) is 0 Å². The van der Waals surface area contributed by atoms with E-state index in [1.165, 1.54) is 13.0 Å². The second-order valence-corrected chi connectivity index (χ2v) is 6.31. The summed E-state index contributed by atoms with van der Waals surface area (Å²) in [6, 6.07) is 21.4. The van der Waals surface area contributed by atoms with Crippen LogP contribution >= 0.6 is 0 Å². The average molecular weight is 383 g/mol. The van der Waals surface area contributed by atoms with E-state index in [9.17, 15) is 14.4 Å². The summed E-state index contributed by atoms with van der Waals surface area (Å²) in [5.74, 6) is -0.785. The predicted octanol–water partition coefficient (Wildman–Crippen LogP) is 4.27. The Morgan fingerprint density at radius 3 is 1.66 bits per heavy atom. The van der Waals surface area contributed by atoms with Crippen molar-refractivity contribution in [2.24, 2.45) is 0 Å². The molecule has 3 aromatic rings. The summed E-state index contributed by atoms with van der Waals surface area (Å²) in [6.07, 6.45) is 0. The van der Waals surface area contributed by atoms with E-state index in [0.29, 0.717) is 33.6 Å². The Morgan fingerprint density at radius 2 is 1.21 bits per heavy atom. The number of Topliss-reactive ketones (excluding diaryl/α,β-unsaturated/α-hetero) is 1. The number of hydrogen-bond acceptors (Lipinski definition) is 4. The van der Waals surface area contributed by atoms with Gasteiger partial charge >= 0.3 is 0 Å². The van der Waals surface area contributed by atoms with E-state index in [4.69, 9.17) is 5.26 Å². The molecule has 142 valence electrons. The Labute approximate surface area is 167 Å². The molecule has 0 spiro atoms. The van der Waals surface area contributed by atoms with Crippen molar-refractivity contribution in [1.29, 1.82) is 5.26 Å². The van der Waals surface area contributed by atoms with Crippen LogP contribution in [0.2, 0.25) is 0 Å². The van der Waals surface area contributed by atoms with Crippen LogP contribution in [0.25, 0.3) is 0 Å². The highest BCUT2D eigenvalue weighted by atomic mass is 16.2. The molecule has 6 nitrogen and oxygen atoms in total. The minimum atomic E-state index is -0.367. The van der Waals surface area contributed by atoms with Crippen LogP contribution in [-0.4, -0.2) is 17.6 Å². The van der Waals surface area contributed by atoms with E-state index < -0.39 is 0 Å². The van der Waals surface area contributed by atoms with Crippen molar-refractivity contribution in [3.63, 3.8) is 0 Å². The lowest BCUT2D eigenvalue weighted by Gasteiger charge is -2.08. The Hall–Kier alpha value is -4.24. The second kappa shape index (κ2) is 8.63. The summed E-state index contributed by atoms with van der Waals surface area (Å²) in [5, 5.41) is 14.3. The lowest BCUT2D eigenvalue weighted by atomic mass is 10.1. The van der Waals surface area contributed by atoms with Gasteiger partial charge in [0.2, 0.25) is 0 Å². The molecule has 3 aromatic carbocycles. The smallest absolute Gasteiger partial charge is 0.255 e. The molecule has 0 saturated heterocycles. The predicted molar refractivity (Wildman–Crippen MR) is 110 cm³/mol. The molecule has 0 aromatic heterocycles. The Kier molecular flexibility index (Phi) is 5.81. The molecule has 2 amide bonds. The van der Waals surface area contributed by atoms with Crippen LogP contribution in [0, 0.1) is 11.3 Å². The Bertz CT molecular complexity index is 1110. The molecule has 29 heavy (non-hydrogen) atoms. The fraction of sp³-hybridized carbons (Fsp3) is 0.0435. The van der Waals surface area contributed by atoms with E-state index >= 15 is 0 Å². The van der Waals surface area contributed by atoms with Gasteiger partial charge in [0.25, 0.3) is 11.8 Å². The molecular formula is C23H17N3O3. The fourth-order valence-corrected chi connectivity index (χ4v) is 2.62. The third kappa shape index (κ3) is 4.93. The van der Waals surface area contributed by atoms with Crippen molar-refractivity contribution in [3.05, 3.63) is 95.1 Å². The number of benzene rings is 3. The van der Waals surface area contributed by atoms with Crippen molar-refractivity contribution in [1.82, 2.24) is 0 Å². The molecule has 0 unspecified atom stereocenters. The van der Waals surface area contributed by atoms with E-state index in [1.54, 1.807) is 66.7 Å². The fourth-order valence-electron chi connectivity index (χ4n) is 2.62. The summed E-state index contributed by atoms with van der Waals surface area (Å²) in [7, 11) is 0. The van der Waals surface area contributed by atoms with Crippen molar-refractivity contribution >= 4 is 29.0 Å². The number of nitriles is 1. The lowest BCUT2D eigenvalue weighted by Crippen LogP contribution is -2.15. The highest BCUT2D eigenvalue weighted by Crippen LogP contribution is 2.15. The third-order valence-corrected chi connectivity index (χ3v) is 4.21. The molecule has 0 saturated carbocycles. The molecule has 0 heterocycles. The van der Waals surface area contributed by atoms with Gasteiger partial charge in [-0.15, -0.1) is 0 Å². The number of nitrogens with zero attached hydrogens (tertiary/aromatic N) is 1. The highest BCUT2D eigenvalue weighted by molar-refractivity contribution is 6.08. The second-order valence-electron chi connectivity index (χ2n) is 6.31. The normalized spacial score (nSPS) is 9.93. The van der Waals surface area contributed by atoms with Crippen LogP contribution in [-0.2, 0) is 0 Å². The molecule has 6 heteroatoms. The van der Waals surface area contributed by atoms with Crippen LogP contribution in [0.4, 0.5) is 11.4 Å². The number of carbonyl (C=O) groups is 3. The van der Waals surface area contributed by atoms with Crippen LogP contribution in [0.1, 0.15) is 43.6 Å². The van der Waals surface area contributed by atoms with Crippen molar-refractivity contribution in [2.75, 3.05) is 10.6 Å². The van der Waals surface area contributed by atoms with Gasteiger partial charge in [0, 0.05) is 28.1 Å². The minimum Gasteiger partial charge on any atom is -0.322 e. The number of carbonyl (C=O) groups excluding carboxylic acids is 3. The monoisotopic (exact) mass is 383 g/mol. The van der Waals surface area contributed by atoms with Crippen LogP contribution in [0.15, 0.2) is 72.8 Å². The number of anilines is 2. The highest BCUT2D eigenvalue weighted by Gasteiger charge is 2.11. The minimum absolute atomic E-state index is 0.0520. The van der Waals surface area contributed by atoms with Crippen molar-refractivity contribution in [3.8, 4) is 6.07 Å². The van der Waals surface area contributed by atoms with E-state index in [1.807, 2.05) is 6.07 Å². The first-order valence-electron chi connectivity index (χ1n) is 8.80. The maximum atomic E-state index is 12.5. The van der Waals surface area contributed by atoms with Crippen molar-refractivity contribution in [2.45, 2.75) is 6.92 Å². The number of nitrogens with one attached hydrogen (secondary N) is 2. The Morgan fingerprint density at radius 1 is 0.724 bits per heavy atom. The molecule has 0 aliphatic rings. The first kappa shape index (κ1) is 19.5. The molecule has 0 aliphatic heterocycles. The van der Waals surface area contributed by atoms with E-state index in [0.717, 1.165) is 0 Å². The van der Waals surface area contributed by atoms with Crippen molar-refractivity contribution < 1.29 is 14.4 Å². The average Bonchev–Trinajstić information content (AvgIpc) is 2.74. The van der Waals surface area contributed by atoms with Gasteiger partial charge in [0.05, 0.1) is 11.6 Å². The van der Waals surface area contributed by atoms with Crippen LogP contribution in [0.3, 0.4) is 0 Å². The maximum absolute atomic E-state index is 12.5. The number of rotatable bonds is 5. The number of ketones is 1. The van der Waals surface area contributed by atoms with Gasteiger partial charge in [-0.05, 0) is 73.7 Å². The molecule has 0 fully saturated rings. The number of hydrogen-bond donors (Lipinski definition) is 2. The number of amides is 2. The standard InChI is InChI=1S/C23H17N3O3/c1-15(27)17-7-11-21(12-8-17)26-23(29)19-4-2-3-18(13-19)22(28)25-20-9-5-16(14-24)6-10-20/h2-13H,1H3,(H,25,28)(H,26,29). The zero-order valence-corrected chi connectivity index (χ0v) is 15.6. The van der Waals surface area contributed by atoms with Crippen LogP contribution in [0.5, 0.6) is 0 Å². The summed E-state index contributed by atoms with van der Waals surface area (Å²) in [4.78, 5) is 36.3. The quantitative estimate of drug-likeness (QED) is 0.643. The maximum Gasteiger partial charge on any atom is 0.255 e. The van der Waals surface area contributed by atoms with Gasteiger partial charge in [-0.2, -0.15) is 5.26 Å². The molecule has 0 bridgehead atoms. The zero-order chi connectivity index (χ0) is 20.8. The summed E-state index contributed by atoms with van der Waals surface area (Å²) < 4.78 is 0. The zero-order valence-electron chi connectivity index (χ0n) is 15.6. The van der Waals surface area contributed by atoms with E-state index in [-0.39, 0.29) is 17.6 Å². The van der Waals surface area contributed by atoms with Gasteiger partial charge < -0.3 is 10.6 Å². The largest absolute Gasteiger partial charge is 0.322 e. The topological polar surface area (TPSA) is 99.1 Å². The molecule has 3 rings (SSSR count). The first-order chi connectivity index (χ1) is 14.0. The molecule has 0 aliphatic carbocycles. The summed E-state index contributed by atoms with van der Waals surface area (Å²) in [6.45, 7) is 1.47. The first-order valence-corrected chi connectivity index (χ1v) is 8.80. The van der Waals surface area contributed by atoms with Gasteiger partial charge in [-0.1, -0.05) is 6.07 Å². The van der Waals surface area contributed by atoms with E-state index in [2.05, 4.69) is 10.6 Å². The summed E-state index contributed by atoms with van der Waals surface area (Å²) in [5.41, 5.74) is 2.81. The summed E-state index contributed by atoms with van der Waals surface area (Å²) >= 11 is 0. The SMILES string of the molecule is CC(=O)c1ccc(NC(=O)c2cccc(C(=O)Nc3ccc(C#N)cc3)c2)cc1.